The highest BCUT2D eigenvalue weighted by molar-refractivity contribution is 5.79. The first-order chi connectivity index (χ1) is 13.2. The second kappa shape index (κ2) is 12.3. The summed E-state index contributed by atoms with van der Waals surface area (Å²) in [4.78, 5) is 12.3. The molecule has 0 radical (unpaired) electrons. The van der Waals surface area contributed by atoms with Gasteiger partial charge >= 0.3 is 0 Å². The lowest BCUT2D eigenvalue weighted by molar-refractivity contribution is 0.631. The van der Waals surface area contributed by atoms with Crippen molar-refractivity contribution in [3.05, 3.63) is 70.6 Å². The van der Waals surface area contributed by atoms with Gasteiger partial charge in [-0.05, 0) is 57.1 Å². The standard InChI is InChI=1S/C25H35NO/c1-3-4-5-6-7-8-9-10-11-12-13-14-15-18-22-21-25(27)23-19-16-17-20-24(23)26(22)2/h5-6,9-10,16-17,19-21H,3-4,7-8,11-15,18H2,1-2H3/b6-5+,10-9+. The number of allylic oxidation sites excluding steroid dienone is 4. The molecule has 27 heavy (non-hydrogen) atoms. The molecule has 0 spiro atoms. The molecule has 0 saturated heterocycles. The number of aromatic nitrogens is 1. The quantitative estimate of drug-likeness (QED) is 0.302. The van der Waals surface area contributed by atoms with E-state index in [0.717, 1.165) is 35.9 Å². The smallest absolute Gasteiger partial charge is 0.189 e. The normalized spacial score (nSPS) is 11.9. The summed E-state index contributed by atoms with van der Waals surface area (Å²) in [6, 6.07) is 9.70. The molecule has 2 nitrogen and oxygen atoms in total. The molecule has 146 valence electrons. The summed E-state index contributed by atoms with van der Waals surface area (Å²) in [6.07, 6.45) is 21.1. The Morgan fingerprint density at radius 3 is 2.30 bits per heavy atom. The number of rotatable bonds is 12. The highest BCUT2D eigenvalue weighted by Gasteiger charge is 2.05. The third-order valence-corrected chi connectivity index (χ3v) is 5.10. The van der Waals surface area contributed by atoms with Crippen molar-refractivity contribution in [2.75, 3.05) is 0 Å². The number of fused-ring (bicyclic) bond motifs is 1. The Hall–Kier alpha value is -2.09. The summed E-state index contributed by atoms with van der Waals surface area (Å²) in [5.41, 5.74) is 2.33. The van der Waals surface area contributed by atoms with Gasteiger partial charge in [0, 0.05) is 24.2 Å². The average Bonchev–Trinajstić information content (AvgIpc) is 2.69. The van der Waals surface area contributed by atoms with Gasteiger partial charge in [0.1, 0.15) is 0 Å². The number of benzene rings is 1. The maximum atomic E-state index is 12.3. The highest BCUT2D eigenvalue weighted by Crippen LogP contribution is 2.14. The molecule has 0 aliphatic carbocycles. The van der Waals surface area contributed by atoms with E-state index in [9.17, 15) is 4.79 Å². The Morgan fingerprint density at radius 1 is 0.852 bits per heavy atom. The van der Waals surface area contributed by atoms with Crippen LogP contribution in [0, 0.1) is 0 Å². The Labute approximate surface area is 164 Å². The molecule has 0 atom stereocenters. The minimum absolute atomic E-state index is 0.147. The van der Waals surface area contributed by atoms with E-state index in [1.54, 1.807) is 0 Å². The topological polar surface area (TPSA) is 22.0 Å². The van der Waals surface area contributed by atoms with Crippen molar-refractivity contribution in [1.82, 2.24) is 4.57 Å². The molecule has 0 fully saturated rings. The van der Waals surface area contributed by atoms with Gasteiger partial charge in [0.25, 0.3) is 0 Å². The van der Waals surface area contributed by atoms with Gasteiger partial charge in [-0.1, -0.05) is 62.6 Å². The minimum Gasteiger partial charge on any atom is -0.347 e. The molecule has 2 rings (SSSR count). The Bertz CT molecular complexity index is 798. The summed E-state index contributed by atoms with van der Waals surface area (Å²) in [7, 11) is 2.07. The van der Waals surface area contributed by atoms with Crippen LogP contribution in [-0.2, 0) is 13.5 Å². The van der Waals surface area contributed by atoms with Crippen molar-refractivity contribution in [3.63, 3.8) is 0 Å². The number of unbranched alkanes of at least 4 members (excludes halogenated alkanes) is 6. The Morgan fingerprint density at radius 2 is 1.52 bits per heavy atom. The van der Waals surface area contributed by atoms with Crippen LogP contribution in [0.4, 0.5) is 0 Å². The largest absolute Gasteiger partial charge is 0.347 e. The SMILES string of the molecule is CCC/C=C/CC/C=C/CCCCCCc1cc(=O)c2ccccc2n1C. The predicted molar refractivity (Wildman–Crippen MR) is 118 cm³/mol. The van der Waals surface area contributed by atoms with Gasteiger partial charge in [0.05, 0.1) is 5.52 Å². The first-order valence-electron chi connectivity index (χ1n) is 10.6. The summed E-state index contributed by atoms with van der Waals surface area (Å²) < 4.78 is 2.18. The monoisotopic (exact) mass is 365 g/mol. The lowest BCUT2D eigenvalue weighted by atomic mass is 10.1. The molecule has 0 amide bonds. The fraction of sp³-hybridized carbons (Fsp3) is 0.480. The number of pyridine rings is 1. The van der Waals surface area contributed by atoms with Crippen molar-refractivity contribution in [1.29, 1.82) is 0 Å². The third kappa shape index (κ3) is 7.21. The summed E-state index contributed by atoms with van der Waals surface area (Å²) in [5.74, 6) is 0. The zero-order chi connectivity index (χ0) is 19.3. The number of nitrogens with zero attached hydrogens (tertiary/aromatic N) is 1. The van der Waals surface area contributed by atoms with Gasteiger partial charge in [-0.2, -0.15) is 0 Å². The summed E-state index contributed by atoms with van der Waals surface area (Å²) >= 11 is 0. The first-order valence-corrected chi connectivity index (χ1v) is 10.6. The van der Waals surface area contributed by atoms with Crippen LogP contribution in [0.3, 0.4) is 0 Å². The molecular weight excluding hydrogens is 330 g/mol. The summed E-state index contributed by atoms with van der Waals surface area (Å²) in [5, 5.41) is 0.816. The summed E-state index contributed by atoms with van der Waals surface area (Å²) in [6.45, 7) is 2.22. The van der Waals surface area contributed by atoms with Crippen LogP contribution in [0.2, 0.25) is 0 Å². The van der Waals surface area contributed by atoms with E-state index in [1.807, 2.05) is 30.3 Å². The maximum Gasteiger partial charge on any atom is 0.189 e. The van der Waals surface area contributed by atoms with Crippen molar-refractivity contribution in [2.45, 2.75) is 71.1 Å². The molecule has 1 aromatic heterocycles. The first kappa shape index (κ1) is 21.2. The van der Waals surface area contributed by atoms with Crippen LogP contribution in [-0.4, -0.2) is 4.57 Å². The van der Waals surface area contributed by atoms with Gasteiger partial charge < -0.3 is 4.57 Å². The van der Waals surface area contributed by atoms with Crippen LogP contribution < -0.4 is 5.43 Å². The average molecular weight is 366 g/mol. The zero-order valence-electron chi connectivity index (χ0n) is 17.1. The molecule has 0 bridgehead atoms. The number of hydrogen-bond donors (Lipinski definition) is 0. The minimum atomic E-state index is 0.147. The molecule has 1 heterocycles. The lowest BCUT2D eigenvalue weighted by Crippen LogP contribution is -2.11. The molecule has 0 saturated carbocycles. The van der Waals surface area contributed by atoms with Crippen molar-refractivity contribution >= 4 is 10.9 Å². The number of hydrogen-bond acceptors (Lipinski definition) is 1. The maximum absolute atomic E-state index is 12.3. The lowest BCUT2D eigenvalue weighted by Gasteiger charge is -2.12. The van der Waals surface area contributed by atoms with Gasteiger partial charge in [0.15, 0.2) is 5.43 Å². The number of para-hydroxylation sites is 1. The zero-order valence-corrected chi connectivity index (χ0v) is 17.1. The second-order valence-corrected chi connectivity index (χ2v) is 7.34. The molecule has 2 heteroatoms. The van der Waals surface area contributed by atoms with E-state index < -0.39 is 0 Å². The molecular formula is C25H35NO. The van der Waals surface area contributed by atoms with Gasteiger partial charge in [-0.25, -0.2) is 0 Å². The fourth-order valence-corrected chi connectivity index (χ4v) is 3.45. The molecule has 0 aliphatic rings. The number of aryl methyl sites for hydroxylation is 2. The Kier molecular flexibility index (Phi) is 9.68. The predicted octanol–water partition coefficient (Wildman–Crippen LogP) is 6.72. The van der Waals surface area contributed by atoms with Gasteiger partial charge in [-0.3, -0.25) is 4.79 Å². The molecule has 0 aliphatic heterocycles. The third-order valence-electron chi connectivity index (χ3n) is 5.10. The van der Waals surface area contributed by atoms with E-state index >= 15 is 0 Å². The van der Waals surface area contributed by atoms with Crippen LogP contribution >= 0.6 is 0 Å². The van der Waals surface area contributed by atoms with Gasteiger partial charge in [0.2, 0.25) is 0 Å². The fourth-order valence-electron chi connectivity index (χ4n) is 3.45. The molecule has 0 unspecified atom stereocenters. The molecule has 0 N–H and O–H groups in total. The van der Waals surface area contributed by atoms with Crippen molar-refractivity contribution < 1.29 is 0 Å². The van der Waals surface area contributed by atoms with E-state index in [4.69, 9.17) is 0 Å². The van der Waals surface area contributed by atoms with E-state index in [2.05, 4.69) is 42.8 Å². The van der Waals surface area contributed by atoms with E-state index in [1.165, 1.54) is 44.9 Å². The Balaban J connectivity index is 1.63. The van der Waals surface area contributed by atoms with Crippen LogP contribution in [0.5, 0.6) is 0 Å². The molecule has 1 aromatic carbocycles. The van der Waals surface area contributed by atoms with Crippen molar-refractivity contribution in [2.24, 2.45) is 7.05 Å². The van der Waals surface area contributed by atoms with Crippen LogP contribution in [0.15, 0.2) is 59.4 Å². The van der Waals surface area contributed by atoms with Crippen molar-refractivity contribution in [3.8, 4) is 0 Å². The van der Waals surface area contributed by atoms with Crippen LogP contribution in [0.1, 0.15) is 70.4 Å². The van der Waals surface area contributed by atoms with E-state index in [0.29, 0.717) is 0 Å². The van der Waals surface area contributed by atoms with Crippen LogP contribution in [0.25, 0.3) is 10.9 Å². The van der Waals surface area contributed by atoms with E-state index in [-0.39, 0.29) is 5.43 Å². The molecule has 2 aromatic rings. The second-order valence-electron chi connectivity index (χ2n) is 7.34. The van der Waals surface area contributed by atoms with Gasteiger partial charge in [-0.15, -0.1) is 0 Å². The highest BCUT2D eigenvalue weighted by atomic mass is 16.1.